The number of thioether (sulfide) groups is 1. The molecule has 0 aliphatic heterocycles. The van der Waals surface area contributed by atoms with E-state index in [1.54, 1.807) is 23.9 Å². The lowest BCUT2D eigenvalue weighted by Gasteiger charge is -2.04. The van der Waals surface area contributed by atoms with Crippen LogP contribution in [0.2, 0.25) is 0 Å². The van der Waals surface area contributed by atoms with E-state index in [-0.39, 0.29) is 12.4 Å². The summed E-state index contributed by atoms with van der Waals surface area (Å²) in [4.78, 5) is 1.18. The Labute approximate surface area is 122 Å². The maximum atomic E-state index is 13.5. The molecule has 0 aromatic heterocycles. The molecule has 0 amide bonds. The Morgan fingerprint density at radius 1 is 1.15 bits per heavy atom. The Kier molecular flexibility index (Phi) is 5.23. The standard InChI is InChI=1S/C17H15FOS/c1-13-4-7-16(8-5-13)20-12-14-6-9-17(18)15(11-14)3-2-10-19/h4-9,11,19H,10,12H2,1H3. The molecule has 0 bridgehead atoms. The molecule has 0 aliphatic carbocycles. The third-order valence-electron chi connectivity index (χ3n) is 2.76. The van der Waals surface area contributed by atoms with E-state index in [4.69, 9.17) is 5.11 Å². The van der Waals surface area contributed by atoms with Crippen molar-refractivity contribution in [2.24, 2.45) is 0 Å². The molecule has 2 aromatic carbocycles. The number of aliphatic hydroxyl groups excluding tert-OH is 1. The van der Waals surface area contributed by atoms with Crippen molar-refractivity contribution < 1.29 is 9.50 Å². The van der Waals surface area contributed by atoms with Gasteiger partial charge in [-0.2, -0.15) is 0 Å². The van der Waals surface area contributed by atoms with Crippen LogP contribution in [0.25, 0.3) is 0 Å². The van der Waals surface area contributed by atoms with E-state index in [2.05, 4.69) is 43.0 Å². The SMILES string of the molecule is Cc1ccc(SCc2ccc(F)c(C#CCO)c2)cc1. The van der Waals surface area contributed by atoms with E-state index < -0.39 is 0 Å². The molecule has 2 aromatic rings. The van der Waals surface area contributed by atoms with Gasteiger partial charge >= 0.3 is 0 Å². The van der Waals surface area contributed by atoms with Crippen molar-refractivity contribution in [3.05, 3.63) is 65.0 Å². The fraction of sp³-hybridized carbons (Fsp3) is 0.176. The van der Waals surface area contributed by atoms with Gasteiger partial charge < -0.3 is 5.11 Å². The van der Waals surface area contributed by atoms with E-state index in [0.717, 1.165) is 11.3 Å². The molecule has 0 unspecified atom stereocenters. The number of aliphatic hydroxyl groups is 1. The van der Waals surface area contributed by atoms with Crippen LogP contribution in [0.4, 0.5) is 4.39 Å². The highest BCUT2D eigenvalue weighted by molar-refractivity contribution is 7.98. The number of hydrogen-bond acceptors (Lipinski definition) is 2. The van der Waals surface area contributed by atoms with Crippen LogP contribution >= 0.6 is 11.8 Å². The lowest BCUT2D eigenvalue weighted by Crippen LogP contribution is -1.88. The van der Waals surface area contributed by atoms with E-state index in [1.807, 2.05) is 0 Å². The number of hydrogen-bond donors (Lipinski definition) is 1. The summed E-state index contributed by atoms with van der Waals surface area (Å²) in [6.45, 7) is 1.79. The maximum absolute atomic E-state index is 13.5. The minimum Gasteiger partial charge on any atom is -0.384 e. The predicted octanol–water partition coefficient (Wildman–Crippen LogP) is 3.77. The first-order valence-corrected chi connectivity index (χ1v) is 7.25. The molecule has 2 rings (SSSR count). The Balaban J connectivity index is 2.08. The van der Waals surface area contributed by atoms with Crippen molar-refractivity contribution in [2.75, 3.05) is 6.61 Å². The predicted molar refractivity (Wildman–Crippen MR) is 81.1 cm³/mol. The molecule has 0 fully saturated rings. The van der Waals surface area contributed by atoms with Gasteiger partial charge in [-0.05, 0) is 36.8 Å². The third kappa shape index (κ3) is 4.12. The zero-order chi connectivity index (χ0) is 14.4. The molecule has 3 heteroatoms. The molecular formula is C17H15FOS. The monoisotopic (exact) mass is 286 g/mol. The zero-order valence-corrected chi connectivity index (χ0v) is 12.0. The molecule has 0 heterocycles. The van der Waals surface area contributed by atoms with Crippen molar-refractivity contribution in [1.29, 1.82) is 0 Å². The van der Waals surface area contributed by atoms with Gasteiger partial charge in [0.05, 0.1) is 5.56 Å². The van der Waals surface area contributed by atoms with Gasteiger partial charge in [0.2, 0.25) is 0 Å². The Morgan fingerprint density at radius 3 is 2.60 bits per heavy atom. The van der Waals surface area contributed by atoms with Crippen LogP contribution < -0.4 is 0 Å². The second-order valence-corrected chi connectivity index (χ2v) is 5.42. The highest BCUT2D eigenvalue weighted by Crippen LogP contribution is 2.23. The van der Waals surface area contributed by atoms with Gasteiger partial charge in [-0.3, -0.25) is 0 Å². The third-order valence-corrected chi connectivity index (χ3v) is 3.84. The van der Waals surface area contributed by atoms with E-state index in [1.165, 1.54) is 16.5 Å². The van der Waals surface area contributed by atoms with E-state index in [9.17, 15) is 4.39 Å². The highest BCUT2D eigenvalue weighted by Gasteiger charge is 2.02. The first kappa shape index (κ1) is 14.6. The summed E-state index contributed by atoms with van der Waals surface area (Å²) in [6, 6.07) is 13.2. The largest absolute Gasteiger partial charge is 0.384 e. The average molecular weight is 286 g/mol. The van der Waals surface area contributed by atoms with E-state index >= 15 is 0 Å². The summed E-state index contributed by atoms with van der Waals surface area (Å²) in [5.41, 5.74) is 2.58. The fourth-order valence-corrected chi connectivity index (χ4v) is 2.54. The minimum atomic E-state index is -0.352. The first-order chi connectivity index (χ1) is 9.69. The fourth-order valence-electron chi connectivity index (χ4n) is 1.69. The van der Waals surface area contributed by atoms with Gasteiger partial charge in [0.25, 0.3) is 0 Å². The minimum absolute atomic E-state index is 0.262. The van der Waals surface area contributed by atoms with Crippen LogP contribution in [0.1, 0.15) is 16.7 Å². The average Bonchev–Trinajstić information content (AvgIpc) is 2.46. The van der Waals surface area contributed by atoms with E-state index in [0.29, 0.717) is 5.56 Å². The molecule has 0 aliphatic rings. The van der Waals surface area contributed by atoms with Gasteiger partial charge in [0.1, 0.15) is 12.4 Å². The molecule has 1 N–H and O–H groups in total. The Bertz CT molecular complexity index is 638. The molecule has 0 radical (unpaired) electrons. The summed E-state index contributed by atoms with van der Waals surface area (Å²) in [6.07, 6.45) is 0. The van der Waals surface area contributed by atoms with Crippen molar-refractivity contribution >= 4 is 11.8 Å². The molecule has 20 heavy (non-hydrogen) atoms. The summed E-state index contributed by atoms with van der Waals surface area (Å²) in [5, 5.41) is 8.66. The lowest BCUT2D eigenvalue weighted by atomic mass is 10.1. The Morgan fingerprint density at radius 2 is 1.90 bits per heavy atom. The Hall–Kier alpha value is -1.76. The second kappa shape index (κ2) is 7.14. The van der Waals surface area contributed by atoms with Crippen molar-refractivity contribution in [2.45, 2.75) is 17.6 Å². The first-order valence-electron chi connectivity index (χ1n) is 6.26. The smallest absolute Gasteiger partial charge is 0.138 e. The molecule has 1 nitrogen and oxygen atoms in total. The van der Waals surface area contributed by atoms with Gasteiger partial charge in [0, 0.05) is 10.6 Å². The maximum Gasteiger partial charge on any atom is 0.138 e. The molecule has 0 saturated heterocycles. The van der Waals surface area contributed by atoms with Crippen molar-refractivity contribution in [1.82, 2.24) is 0 Å². The van der Waals surface area contributed by atoms with Crippen molar-refractivity contribution in [3.63, 3.8) is 0 Å². The number of benzene rings is 2. The van der Waals surface area contributed by atoms with Crippen LogP contribution in [0.15, 0.2) is 47.4 Å². The number of halogens is 1. The number of rotatable bonds is 3. The molecule has 0 atom stereocenters. The van der Waals surface area contributed by atoms with Gasteiger partial charge in [-0.15, -0.1) is 11.8 Å². The topological polar surface area (TPSA) is 20.2 Å². The summed E-state index contributed by atoms with van der Waals surface area (Å²) < 4.78 is 13.5. The molecular weight excluding hydrogens is 271 g/mol. The van der Waals surface area contributed by atoms with Gasteiger partial charge in [-0.1, -0.05) is 35.6 Å². The van der Waals surface area contributed by atoms with Gasteiger partial charge in [0.15, 0.2) is 0 Å². The molecule has 102 valence electrons. The lowest BCUT2D eigenvalue weighted by molar-refractivity contribution is 0.350. The second-order valence-electron chi connectivity index (χ2n) is 4.38. The van der Waals surface area contributed by atoms with Gasteiger partial charge in [-0.25, -0.2) is 4.39 Å². The summed E-state index contributed by atoms with van der Waals surface area (Å²) in [5.74, 6) is 5.50. The zero-order valence-electron chi connectivity index (χ0n) is 11.2. The molecule has 0 saturated carbocycles. The van der Waals surface area contributed by atoms with Crippen LogP contribution in [-0.4, -0.2) is 11.7 Å². The van der Waals surface area contributed by atoms with Crippen LogP contribution in [-0.2, 0) is 5.75 Å². The normalized spacial score (nSPS) is 9.95. The quantitative estimate of drug-likeness (QED) is 0.684. The van der Waals surface area contributed by atoms with Crippen LogP contribution in [0, 0.1) is 24.6 Å². The highest BCUT2D eigenvalue weighted by atomic mass is 32.2. The van der Waals surface area contributed by atoms with Crippen LogP contribution in [0.5, 0.6) is 0 Å². The number of aryl methyl sites for hydroxylation is 1. The molecule has 0 spiro atoms. The summed E-state index contributed by atoms with van der Waals surface area (Å²) in [7, 11) is 0. The van der Waals surface area contributed by atoms with Crippen LogP contribution in [0.3, 0.4) is 0 Å². The van der Waals surface area contributed by atoms with Crippen molar-refractivity contribution in [3.8, 4) is 11.8 Å². The summed E-state index contributed by atoms with van der Waals surface area (Å²) >= 11 is 1.70.